The zero-order valence-electron chi connectivity index (χ0n) is 17.7. The zero-order valence-corrected chi connectivity index (χ0v) is 19.2. The van der Waals surface area contributed by atoms with Gasteiger partial charge in [-0.3, -0.25) is 0 Å². The summed E-state index contributed by atoms with van der Waals surface area (Å²) in [6, 6.07) is 8.00. The van der Waals surface area contributed by atoms with Gasteiger partial charge in [0, 0.05) is 23.5 Å². The second-order valence-electron chi connectivity index (χ2n) is 7.11. The molecule has 13 heteroatoms. The lowest BCUT2D eigenvalue weighted by Gasteiger charge is -2.12. The molecule has 4 rings (SSSR count). The minimum atomic E-state index is -4.68. The number of rotatable bonds is 5. The monoisotopic (exact) mass is 512 g/mol. The molecule has 3 aromatic heterocycles. The van der Waals surface area contributed by atoms with Crippen LogP contribution in [0.5, 0.6) is 5.75 Å². The van der Waals surface area contributed by atoms with Crippen LogP contribution in [-0.2, 0) is 16.0 Å². The van der Waals surface area contributed by atoms with Crippen LogP contribution in [0.15, 0.2) is 58.5 Å². The van der Waals surface area contributed by atoms with Crippen LogP contribution in [0.4, 0.5) is 13.2 Å². The Bertz CT molecular complexity index is 1580. The Balaban J connectivity index is 1.97. The molecule has 1 aromatic carbocycles. The number of hydrogen-bond donors (Lipinski definition) is 0. The number of benzene rings is 1. The molecule has 0 saturated carbocycles. The van der Waals surface area contributed by atoms with Crippen molar-refractivity contribution in [2.45, 2.75) is 18.0 Å². The average molecular weight is 513 g/mol. The standard InChI is InChI=1S/C21H16ClF3N4O4S/c1-3-34(31,32)16-9-12(14-5-4-6-15(33-2)18(14)22)10-26-19(16)29-20(30)28-11-13(21(23,24)25)7-8-17(28)27-29/h4-11H,3H2,1-2H3. The molecule has 0 atom stereocenters. The van der Waals surface area contributed by atoms with E-state index in [0.717, 1.165) is 12.1 Å². The summed E-state index contributed by atoms with van der Waals surface area (Å²) in [4.78, 5) is 16.7. The summed E-state index contributed by atoms with van der Waals surface area (Å²) >= 11 is 6.37. The van der Waals surface area contributed by atoms with Crippen LogP contribution < -0.4 is 10.4 Å². The molecule has 3 heterocycles. The Morgan fingerprint density at radius 2 is 1.91 bits per heavy atom. The van der Waals surface area contributed by atoms with Gasteiger partial charge in [-0.1, -0.05) is 30.7 Å². The molecule has 34 heavy (non-hydrogen) atoms. The van der Waals surface area contributed by atoms with Crippen molar-refractivity contribution in [2.75, 3.05) is 12.9 Å². The molecule has 0 bridgehead atoms. The van der Waals surface area contributed by atoms with Crippen molar-refractivity contribution in [3.8, 4) is 22.7 Å². The maximum atomic E-state index is 13.1. The van der Waals surface area contributed by atoms with Gasteiger partial charge in [-0.2, -0.15) is 17.9 Å². The van der Waals surface area contributed by atoms with E-state index < -0.39 is 27.3 Å². The maximum Gasteiger partial charge on any atom is 0.417 e. The van der Waals surface area contributed by atoms with Crippen molar-refractivity contribution in [2.24, 2.45) is 0 Å². The molecule has 0 fully saturated rings. The molecular formula is C21H16ClF3N4O4S. The second kappa shape index (κ2) is 8.44. The van der Waals surface area contributed by atoms with Gasteiger partial charge in [-0.05, 0) is 24.3 Å². The fourth-order valence-corrected chi connectivity index (χ4v) is 4.65. The summed E-state index contributed by atoms with van der Waals surface area (Å²) < 4.78 is 71.6. The third kappa shape index (κ3) is 4.03. The van der Waals surface area contributed by atoms with E-state index in [1.807, 2.05) is 0 Å². The predicted octanol–water partition coefficient (Wildman–Crippen LogP) is 4.02. The molecule has 0 aliphatic carbocycles. The van der Waals surface area contributed by atoms with Gasteiger partial charge in [0.15, 0.2) is 21.3 Å². The molecule has 0 aliphatic heterocycles. The van der Waals surface area contributed by atoms with Crippen LogP contribution in [0.3, 0.4) is 0 Å². The van der Waals surface area contributed by atoms with Crippen molar-refractivity contribution < 1.29 is 26.3 Å². The van der Waals surface area contributed by atoms with Gasteiger partial charge in [-0.25, -0.2) is 22.6 Å². The highest BCUT2D eigenvalue weighted by Crippen LogP contribution is 2.36. The molecule has 178 valence electrons. The van der Waals surface area contributed by atoms with Crippen molar-refractivity contribution in [1.29, 1.82) is 0 Å². The molecule has 0 saturated heterocycles. The molecule has 0 spiro atoms. The van der Waals surface area contributed by atoms with Gasteiger partial charge in [0.05, 0.1) is 23.4 Å². The number of alkyl halides is 3. The fourth-order valence-electron chi connectivity index (χ4n) is 3.30. The van der Waals surface area contributed by atoms with Gasteiger partial charge in [0.25, 0.3) is 0 Å². The Kier molecular flexibility index (Phi) is 5.90. The minimum Gasteiger partial charge on any atom is -0.495 e. The smallest absolute Gasteiger partial charge is 0.417 e. The van der Waals surface area contributed by atoms with Crippen molar-refractivity contribution >= 4 is 27.1 Å². The van der Waals surface area contributed by atoms with Gasteiger partial charge >= 0.3 is 11.9 Å². The Labute approximate surface area is 196 Å². The van der Waals surface area contributed by atoms with E-state index in [4.69, 9.17) is 16.3 Å². The Morgan fingerprint density at radius 3 is 2.56 bits per heavy atom. The van der Waals surface area contributed by atoms with Crippen LogP contribution in [-0.4, -0.2) is 40.4 Å². The first-order chi connectivity index (χ1) is 16.0. The second-order valence-corrected chi connectivity index (χ2v) is 9.73. The first-order valence-electron chi connectivity index (χ1n) is 9.72. The topological polar surface area (TPSA) is 95.6 Å². The van der Waals surface area contributed by atoms with Gasteiger partial charge in [0.1, 0.15) is 10.6 Å². The van der Waals surface area contributed by atoms with Gasteiger partial charge < -0.3 is 4.74 Å². The van der Waals surface area contributed by atoms with E-state index in [9.17, 15) is 26.4 Å². The SMILES string of the molecule is CCS(=O)(=O)c1cc(-c2cccc(OC)c2Cl)cnc1-n1nc2ccc(C(F)(F)F)cn2c1=O. The molecule has 4 aromatic rings. The van der Waals surface area contributed by atoms with E-state index in [0.29, 0.717) is 32.2 Å². The summed E-state index contributed by atoms with van der Waals surface area (Å²) in [5.74, 6) is -0.302. The van der Waals surface area contributed by atoms with E-state index in [-0.39, 0.29) is 27.1 Å². The van der Waals surface area contributed by atoms with Crippen molar-refractivity contribution in [3.63, 3.8) is 0 Å². The zero-order chi connectivity index (χ0) is 24.8. The summed E-state index contributed by atoms with van der Waals surface area (Å²) in [6.07, 6.45) is -2.79. The van der Waals surface area contributed by atoms with Gasteiger partial charge in [-0.15, -0.1) is 5.10 Å². The quantitative estimate of drug-likeness (QED) is 0.401. The third-order valence-electron chi connectivity index (χ3n) is 5.09. The number of aromatic nitrogens is 4. The minimum absolute atomic E-state index is 0.112. The number of pyridine rings is 2. The van der Waals surface area contributed by atoms with E-state index in [1.54, 1.807) is 18.2 Å². The maximum absolute atomic E-state index is 13.1. The van der Waals surface area contributed by atoms with E-state index in [2.05, 4.69) is 10.1 Å². The molecule has 0 amide bonds. The first kappa shape index (κ1) is 23.8. The number of fused-ring (bicyclic) bond motifs is 1. The number of hydrogen-bond acceptors (Lipinski definition) is 6. The lowest BCUT2D eigenvalue weighted by molar-refractivity contribution is -0.137. The van der Waals surface area contributed by atoms with Crippen LogP contribution >= 0.6 is 11.6 Å². The highest BCUT2D eigenvalue weighted by atomic mass is 35.5. The Morgan fingerprint density at radius 1 is 1.18 bits per heavy atom. The first-order valence-corrected chi connectivity index (χ1v) is 11.8. The molecule has 0 aliphatic rings. The van der Waals surface area contributed by atoms with E-state index in [1.165, 1.54) is 26.3 Å². The number of halogens is 4. The lowest BCUT2D eigenvalue weighted by atomic mass is 10.1. The van der Waals surface area contributed by atoms with Crippen molar-refractivity contribution in [1.82, 2.24) is 19.2 Å². The summed E-state index contributed by atoms with van der Waals surface area (Å²) in [6.45, 7) is 1.41. The van der Waals surface area contributed by atoms with E-state index >= 15 is 0 Å². The normalized spacial score (nSPS) is 12.3. The summed E-state index contributed by atoms with van der Waals surface area (Å²) in [5, 5.41) is 4.21. The van der Waals surface area contributed by atoms with Crippen LogP contribution in [0.25, 0.3) is 22.6 Å². The van der Waals surface area contributed by atoms with Crippen molar-refractivity contribution in [3.05, 3.63) is 69.9 Å². The highest BCUT2D eigenvalue weighted by molar-refractivity contribution is 7.91. The van der Waals surface area contributed by atoms with Crippen LogP contribution in [0, 0.1) is 0 Å². The molecule has 0 radical (unpaired) electrons. The average Bonchev–Trinajstić information content (AvgIpc) is 3.14. The summed E-state index contributed by atoms with van der Waals surface area (Å²) in [7, 11) is -2.52. The molecule has 0 unspecified atom stereocenters. The van der Waals surface area contributed by atoms with Crippen LogP contribution in [0.1, 0.15) is 12.5 Å². The molecular weight excluding hydrogens is 497 g/mol. The molecule has 8 nitrogen and oxygen atoms in total. The lowest BCUT2D eigenvalue weighted by Crippen LogP contribution is -2.23. The molecule has 0 N–H and O–H groups in total. The van der Waals surface area contributed by atoms with Crippen LogP contribution in [0.2, 0.25) is 5.02 Å². The number of sulfone groups is 1. The Hall–Kier alpha value is -3.38. The number of ether oxygens (including phenoxy) is 1. The third-order valence-corrected chi connectivity index (χ3v) is 7.21. The number of nitrogens with zero attached hydrogens (tertiary/aromatic N) is 4. The predicted molar refractivity (Wildman–Crippen MR) is 118 cm³/mol. The number of methoxy groups -OCH3 is 1. The fraction of sp³-hybridized carbons (Fsp3) is 0.190. The van der Waals surface area contributed by atoms with Gasteiger partial charge in [0.2, 0.25) is 0 Å². The summed E-state index contributed by atoms with van der Waals surface area (Å²) in [5.41, 5.74) is -1.41. The largest absolute Gasteiger partial charge is 0.495 e. The highest BCUT2D eigenvalue weighted by Gasteiger charge is 2.32.